The van der Waals surface area contributed by atoms with Crippen LogP contribution in [0.15, 0.2) is 0 Å². The monoisotopic (exact) mass is 1830 g/mol. The van der Waals surface area contributed by atoms with Crippen LogP contribution >= 0.6 is 0 Å². The summed E-state index contributed by atoms with van der Waals surface area (Å²) in [5.41, 5.74) is 0. The van der Waals surface area contributed by atoms with Crippen LogP contribution in [0.5, 0.6) is 0 Å². The Balaban J connectivity index is -0.00000648. The number of carbonyl (C=O) groups is 6. The van der Waals surface area contributed by atoms with Gasteiger partial charge in [0.25, 0.3) is 0 Å². The molecule has 6 saturated heterocycles. The SMILES string of the molecule is CC(=O)NC1C(O)[C@H](OOS(=O)[O-])[C@@H](COS(=O)(=O)[O-])O[C@@H]1O[C@H]1C(C(=O)[O-])O[C@@H](O[C@@H]2C(NC(C)=O)[C@H](O[C@H]3C(O)C(O)[C@@H](OC4C(NC(C)=O)[C@@H](O[C@H]5C(C(=O)[O-])O[C@@H](C)C(O)[C@H]5O)O[C@H](COS(=O)(=O)[O-])[C@H]4OOS(=O)[O-])O[C@@H]3C(=O)[O-])OC(COS(=O)(=O)[O-])[C@@H]2OOS(=O)[O-])C(O)[C@H]1O.[Na+].[Na+].[Na+].[Na+].[Na+].[Na+].[Na+].[Na+].[Na+]. The van der Waals surface area contributed by atoms with Crippen molar-refractivity contribution in [2.45, 2.75) is 212 Å². The van der Waals surface area contributed by atoms with E-state index in [4.69, 9.17) is 61.9 Å². The van der Waals surface area contributed by atoms with Crippen LogP contribution in [0.4, 0.5) is 0 Å². The minimum absolute atomic E-state index is 0. The number of rotatable bonds is 34. The number of hydrogen-bond acceptors (Lipinski definition) is 51. The Labute approximate surface area is 839 Å². The molecule has 3 amide bonds. The summed E-state index contributed by atoms with van der Waals surface area (Å²) in [5.74, 6) is -11.1. The first-order chi connectivity index (χ1) is 47.7. The molecule has 10 N–H and O–H groups in total. The molecule has 54 nitrogen and oxygen atoms in total. The second-order valence-electron chi connectivity index (χ2n) is 21.9. The molecule has 0 aromatic rings. The van der Waals surface area contributed by atoms with Gasteiger partial charge in [-0.3, -0.25) is 26.9 Å². The van der Waals surface area contributed by atoms with E-state index < -0.39 is 305 Å². The maximum Gasteiger partial charge on any atom is 1.00 e. The summed E-state index contributed by atoms with van der Waals surface area (Å²) in [5, 5.41) is 125. The number of nitrogens with one attached hydrogen (secondary N) is 3. The third kappa shape index (κ3) is 36.5. The van der Waals surface area contributed by atoms with Crippen molar-refractivity contribution < 1.29 is 503 Å². The zero-order valence-corrected chi connectivity index (χ0v) is 83.4. The molecule has 0 aliphatic carbocycles. The van der Waals surface area contributed by atoms with Gasteiger partial charge in [-0.2, -0.15) is 0 Å². The van der Waals surface area contributed by atoms with Gasteiger partial charge < -0.3 is 161 Å². The number of carbonyl (C=O) groups excluding carboxylic acids is 6. The molecule has 112 heavy (non-hydrogen) atoms. The number of hydrogen-bond donors (Lipinski definition) is 10. The second kappa shape index (κ2) is 55.5. The smallest absolute Gasteiger partial charge is 0.748 e. The predicted molar refractivity (Wildman–Crippen MR) is 283 cm³/mol. The van der Waals surface area contributed by atoms with Crippen molar-refractivity contribution >= 4 is 101 Å². The zero-order valence-electron chi connectivity index (χ0n) is 60.5. The van der Waals surface area contributed by atoms with Crippen molar-refractivity contribution in [3.63, 3.8) is 0 Å². The van der Waals surface area contributed by atoms with Crippen LogP contribution in [0.3, 0.4) is 0 Å². The molecule has 0 spiro atoms. The molecular weight excluding hydrogens is 1770 g/mol. The van der Waals surface area contributed by atoms with Crippen molar-refractivity contribution in [3.8, 4) is 0 Å². The van der Waals surface area contributed by atoms with Gasteiger partial charge >= 0.3 is 266 Å². The number of ether oxygens (including phenoxy) is 11. The summed E-state index contributed by atoms with van der Waals surface area (Å²) < 4.78 is 261. The van der Waals surface area contributed by atoms with Crippen molar-refractivity contribution in [2.24, 2.45) is 0 Å². The van der Waals surface area contributed by atoms with Gasteiger partial charge in [0.1, 0.15) is 162 Å². The van der Waals surface area contributed by atoms with Crippen LogP contribution in [0.2, 0.25) is 0 Å². The summed E-state index contributed by atoms with van der Waals surface area (Å²) in [7, 11) is -17.6. The van der Waals surface area contributed by atoms with E-state index in [9.17, 15) is 145 Å². The molecule has 0 aromatic carbocycles. The second-order valence-corrected chi connectivity index (χ2v) is 26.7. The fourth-order valence-electron chi connectivity index (χ4n) is 10.7. The molecule has 69 heteroatoms. The molecule has 6 aliphatic heterocycles. The van der Waals surface area contributed by atoms with Crippen molar-refractivity contribution in [3.05, 3.63) is 0 Å². The van der Waals surface area contributed by atoms with E-state index in [1.807, 2.05) is 10.6 Å². The van der Waals surface area contributed by atoms with Gasteiger partial charge in [-0.15, -0.1) is 13.0 Å². The van der Waals surface area contributed by atoms with Gasteiger partial charge in [0.05, 0.1) is 43.8 Å². The van der Waals surface area contributed by atoms with Crippen molar-refractivity contribution in [1.29, 1.82) is 0 Å². The molecule has 0 saturated carbocycles. The van der Waals surface area contributed by atoms with E-state index >= 15 is 0 Å². The predicted octanol–water partition coefficient (Wildman–Crippen LogP) is -45.6. The molecule has 6 fully saturated rings. The molecule has 6 rings (SSSR count). The molecule has 15 unspecified atom stereocenters. The van der Waals surface area contributed by atoms with Gasteiger partial charge in [-0.1, -0.05) is 0 Å². The van der Waals surface area contributed by atoms with Crippen LogP contribution in [0.1, 0.15) is 27.7 Å². The van der Waals surface area contributed by atoms with Crippen LogP contribution < -0.4 is 297 Å². The number of aliphatic hydroxyl groups excluding tert-OH is 7. The van der Waals surface area contributed by atoms with Crippen molar-refractivity contribution in [1.82, 2.24) is 16.0 Å². The molecule has 6 heterocycles. The molecule has 6 aliphatic rings. The third-order valence-corrected chi connectivity index (χ3v) is 16.7. The Morgan fingerprint density at radius 3 is 0.884 bits per heavy atom. The van der Waals surface area contributed by atoms with Gasteiger partial charge in [0.15, 0.2) is 49.8 Å². The van der Waals surface area contributed by atoms with Gasteiger partial charge in [0.2, 0.25) is 48.9 Å². The Morgan fingerprint density at radius 1 is 0.357 bits per heavy atom. The molecular formula is C43H58N3Na9O51S6. The summed E-state index contributed by atoms with van der Waals surface area (Å²) in [6.45, 7) is -1.93. The minimum atomic E-state index is -6.00. The zero-order chi connectivity index (χ0) is 77.4. The number of carboxylic acids is 3. The average molecular weight is 1830 g/mol. The fourth-order valence-corrected chi connectivity index (χ4v) is 12.1. The van der Waals surface area contributed by atoms with Crippen LogP contribution in [-0.2, 0) is 186 Å². The molecule has 0 aromatic heterocycles. The van der Waals surface area contributed by atoms with E-state index in [1.165, 1.54) is 0 Å². The summed E-state index contributed by atoms with van der Waals surface area (Å²) in [6.07, 6.45) is -71.2. The van der Waals surface area contributed by atoms with Gasteiger partial charge in [-0.05, 0) is 6.92 Å². The third-order valence-electron chi connectivity index (χ3n) is 14.9. The summed E-state index contributed by atoms with van der Waals surface area (Å²) in [6, 6.07) is -7.19. The average Bonchev–Trinajstić information content (AvgIpc) is 0.761. The van der Waals surface area contributed by atoms with Crippen LogP contribution in [0, 0.1) is 0 Å². The van der Waals surface area contributed by atoms with E-state index in [0.717, 1.165) is 13.8 Å². The maximum atomic E-state index is 13.2. The van der Waals surface area contributed by atoms with Crippen LogP contribution in [-0.4, -0.2) is 340 Å². The maximum absolute atomic E-state index is 13.2. The first kappa shape index (κ1) is 123. The largest absolute Gasteiger partial charge is 1.00 e. The Morgan fingerprint density at radius 2 is 0.607 bits per heavy atom. The number of carboxylic acid groups (broad SMARTS) is 3. The molecule has 0 radical (unpaired) electrons. The van der Waals surface area contributed by atoms with Gasteiger partial charge in [-0.25, -0.2) is 52.5 Å². The van der Waals surface area contributed by atoms with E-state index in [0.29, 0.717) is 13.8 Å². The van der Waals surface area contributed by atoms with Gasteiger partial charge in [0, 0.05) is 20.8 Å². The Kier molecular flexibility index (Phi) is 61.0. The summed E-state index contributed by atoms with van der Waals surface area (Å²) in [4.78, 5) is 91.3. The first-order valence-electron chi connectivity index (χ1n) is 28.2. The van der Waals surface area contributed by atoms with E-state index in [-0.39, 0.29) is 266 Å². The number of aliphatic hydroxyl groups is 7. The quantitative estimate of drug-likeness (QED) is 0.00714. The number of amides is 3. The molecule has 596 valence electrons. The fraction of sp³-hybridized carbons (Fsp3) is 0.860. The Hall–Kier alpha value is 4.80. The standard InChI is InChI=1S/C43H67N3O51S6.9Na/c1-8-18(50)20(52)30(33(81-8)36(57)58)88-40-16(45-10(3)48)28(26(93-96-99(65)66)13(83-40)6-79-102(72,73)74)85-43-24(56)22(54)32(35(91-43)38(61)62)89-41-17(46-11(4)49)29(27(94-97-100(67)68)14(84-41)7-80-103(75,76)77)86-42-23(55)21(53)31(34(90-42)37(59)60)87-39-15(44-9(2)47)19(51)25(92-95-98(63)64)12(82-39)5-78-101(69,70)71;;;;;;;;;/h8,12-35,39-43,50-56H,5-7H2,1-4H3,(H,44,47)(H,45,48)(H,46,49)(H,57,58)(H,59,60)(H,61,62)(H,63,64)(H,65,66)(H,67,68)(H,69,70,71)(H,72,73,74)(H,75,76,77);;;;;;;;;/q;9*+1/p-9/t8-,12+,13+,14?,15?,16?,17?,18?,19?,20+,21+,22?,23?,24?,25+,26+,27-,28?,29+,30+,31+,32-,33?,34?,35-,39+,40+,41-,42+,43-;;;;;;;;;/m0........./s1. The van der Waals surface area contributed by atoms with E-state index in [2.05, 4.69) is 35.8 Å². The molecule has 0 bridgehead atoms. The van der Waals surface area contributed by atoms with Crippen molar-refractivity contribution in [2.75, 3.05) is 19.8 Å². The first-order valence-corrected chi connectivity index (χ1v) is 35.2. The Bertz CT molecular complexity index is 3410. The van der Waals surface area contributed by atoms with Crippen LogP contribution in [0.25, 0.3) is 0 Å². The summed E-state index contributed by atoms with van der Waals surface area (Å²) >= 11 is -11.3. The van der Waals surface area contributed by atoms with E-state index in [1.54, 1.807) is 0 Å². The number of aliphatic carboxylic acids is 3. The molecule has 33 atom stereocenters. The minimum Gasteiger partial charge on any atom is -0.748 e. The normalized spacial score (nSPS) is 36.7. The topological polar surface area (TPSA) is 826 Å².